The molecule has 2 aromatic rings. The van der Waals surface area contributed by atoms with Crippen molar-refractivity contribution >= 4 is 11.0 Å². The van der Waals surface area contributed by atoms with Crippen molar-refractivity contribution < 1.29 is 0 Å². The number of nitrogens with one attached hydrogen (secondary N) is 1. The van der Waals surface area contributed by atoms with Gasteiger partial charge in [0.2, 0.25) is 0 Å². The summed E-state index contributed by atoms with van der Waals surface area (Å²) in [4.78, 5) is 17.6. The van der Waals surface area contributed by atoms with Gasteiger partial charge in [-0.1, -0.05) is 0 Å². The largest absolute Gasteiger partial charge is 0.347 e. The fourth-order valence-corrected chi connectivity index (χ4v) is 1.56. The predicted octanol–water partition coefficient (Wildman–Crippen LogP) is 0.273. The molecule has 68 valence electrons. The first-order valence-electron chi connectivity index (χ1n) is 4.00. The van der Waals surface area contributed by atoms with E-state index in [1.807, 2.05) is 13.8 Å². The lowest BCUT2D eigenvalue weighted by Crippen LogP contribution is -2.12. The molecule has 0 unspecified atom stereocenters. The molecule has 0 aliphatic rings. The number of H-pyrrole nitrogens is 1. The molecule has 0 atom stereocenters. The maximum absolute atomic E-state index is 11.1. The van der Waals surface area contributed by atoms with Gasteiger partial charge in [-0.15, -0.1) is 0 Å². The Morgan fingerprint density at radius 3 is 2.77 bits per heavy atom. The summed E-state index contributed by atoms with van der Waals surface area (Å²) in [6.07, 6.45) is 0. The minimum atomic E-state index is -0.326. The van der Waals surface area contributed by atoms with E-state index >= 15 is 0 Å². The quantitative estimate of drug-likeness (QED) is 0.630. The summed E-state index contributed by atoms with van der Waals surface area (Å²) in [5, 5.41) is 5.12. The van der Waals surface area contributed by atoms with Crippen molar-refractivity contribution in [2.45, 2.75) is 13.8 Å². The molecular formula is C8H10N4O. The summed E-state index contributed by atoms with van der Waals surface area (Å²) in [5.74, 6) is 0. The summed E-state index contributed by atoms with van der Waals surface area (Å²) >= 11 is 0. The molecule has 0 saturated heterocycles. The van der Waals surface area contributed by atoms with E-state index in [4.69, 9.17) is 0 Å². The van der Waals surface area contributed by atoms with Crippen LogP contribution < -0.4 is 5.69 Å². The van der Waals surface area contributed by atoms with E-state index in [1.54, 1.807) is 11.7 Å². The molecule has 0 fully saturated rings. The lowest BCUT2D eigenvalue weighted by Gasteiger charge is -1.95. The first kappa shape index (κ1) is 7.97. The van der Waals surface area contributed by atoms with Crippen LogP contribution in [-0.4, -0.2) is 19.7 Å². The molecule has 13 heavy (non-hydrogen) atoms. The van der Waals surface area contributed by atoms with E-state index in [-0.39, 0.29) is 5.69 Å². The van der Waals surface area contributed by atoms with Crippen LogP contribution in [0.3, 0.4) is 0 Å². The highest BCUT2D eigenvalue weighted by Gasteiger charge is 2.09. The highest BCUT2D eigenvalue weighted by molar-refractivity contribution is 5.80. The van der Waals surface area contributed by atoms with Gasteiger partial charge in [-0.05, 0) is 13.8 Å². The van der Waals surface area contributed by atoms with Crippen LogP contribution in [0.25, 0.3) is 11.0 Å². The van der Waals surface area contributed by atoms with Crippen LogP contribution in [0, 0.1) is 13.8 Å². The summed E-state index contributed by atoms with van der Waals surface area (Å²) in [6.45, 7) is 3.75. The summed E-state index contributed by atoms with van der Waals surface area (Å²) in [6, 6.07) is 0. The van der Waals surface area contributed by atoms with Crippen molar-refractivity contribution in [1.82, 2.24) is 19.7 Å². The summed E-state index contributed by atoms with van der Waals surface area (Å²) < 4.78 is 1.62. The molecule has 2 aromatic heterocycles. The SMILES string of the molecule is Cc1nn(C)c2nc(=O)[nH]c(C)c12. The topological polar surface area (TPSA) is 63.6 Å². The Kier molecular flexibility index (Phi) is 1.48. The van der Waals surface area contributed by atoms with Crippen molar-refractivity contribution in [2.24, 2.45) is 7.05 Å². The van der Waals surface area contributed by atoms with Crippen molar-refractivity contribution in [3.8, 4) is 0 Å². The number of fused-ring (bicyclic) bond motifs is 1. The van der Waals surface area contributed by atoms with Crippen molar-refractivity contribution in [3.05, 3.63) is 21.9 Å². The number of aryl methyl sites for hydroxylation is 3. The molecule has 1 N–H and O–H groups in total. The number of aromatic amines is 1. The standard InChI is InChI=1S/C8H10N4O/c1-4-6-5(2)11-12(3)7(6)10-8(13)9-4/h1-3H3,(H,9,10,13). The Labute approximate surface area is 74.4 Å². The van der Waals surface area contributed by atoms with Gasteiger partial charge in [0, 0.05) is 12.7 Å². The van der Waals surface area contributed by atoms with Gasteiger partial charge in [0.1, 0.15) is 0 Å². The lowest BCUT2D eigenvalue weighted by atomic mass is 10.2. The van der Waals surface area contributed by atoms with Crippen LogP contribution in [0.1, 0.15) is 11.4 Å². The van der Waals surface area contributed by atoms with Gasteiger partial charge in [-0.3, -0.25) is 0 Å². The molecule has 0 radical (unpaired) electrons. The van der Waals surface area contributed by atoms with Gasteiger partial charge in [-0.25, -0.2) is 9.48 Å². The molecule has 0 aromatic carbocycles. The highest BCUT2D eigenvalue weighted by atomic mass is 16.1. The Hall–Kier alpha value is -1.65. The van der Waals surface area contributed by atoms with E-state index in [0.29, 0.717) is 5.65 Å². The third kappa shape index (κ3) is 1.04. The number of aromatic nitrogens is 4. The monoisotopic (exact) mass is 178 g/mol. The van der Waals surface area contributed by atoms with Crippen molar-refractivity contribution in [2.75, 3.05) is 0 Å². The molecule has 5 nitrogen and oxygen atoms in total. The van der Waals surface area contributed by atoms with Crippen LogP contribution in [0.4, 0.5) is 0 Å². The average molecular weight is 178 g/mol. The van der Waals surface area contributed by atoms with Crippen LogP contribution in [0.15, 0.2) is 4.79 Å². The second-order valence-corrected chi connectivity index (χ2v) is 3.07. The van der Waals surface area contributed by atoms with E-state index in [9.17, 15) is 4.79 Å². The number of hydrogen-bond acceptors (Lipinski definition) is 3. The van der Waals surface area contributed by atoms with Gasteiger partial charge in [0.05, 0.1) is 11.1 Å². The maximum Gasteiger partial charge on any atom is 0.347 e. The molecule has 2 rings (SSSR count). The smallest absolute Gasteiger partial charge is 0.309 e. The first-order chi connectivity index (χ1) is 6.09. The Morgan fingerprint density at radius 2 is 2.08 bits per heavy atom. The zero-order valence-electron chi connectivity index (χ0n) is 7.75. The summed E-state index contributed by atoms with van der Waals surface area (Å²) in [5.41, 5.74) is 2.02. The fraction of sp³-hybridized carbons (Fsp3) is 0.375. The molecular weight excluding hydrogens is 168 g/mol. The average Bonchev–Trinajstić information content (AvgIpc) is 2.27. The molecule has 0 amide bonds. The molecule has 0 bridgehead atoms. The third-order valence-electron chi connectivity index (χ3n) is 2.07. The van der Waals surface area contributed by atoms with Crippen LogP contribution >= 0.6 is 0 Å². The van der Waals surface area contributed by atoms with Crippen molar-refractivity contribution in [3.63, 3.8) is 0 Å². The molecule has 0 aliphatic heterocycles. The van der Waals surface area contributed by atoms with Gasteiger partial charge in [0.15, 0.2) is 5.65 Å². The first-order valence-corrected chi connectivity index (χ1v) is 4.00. The van der Waals surface area contributed by atoms with Gasteiger partial charge >= 0.3 is 5.69 Å². The van der Waals surface area contributed by atoms with Gasteiger partial charge < -0.3 is 4.98 Å². The minimum absolute atomic E-state index is 0.326. The Balaban J connectivity index is 3.06. The lowest BCUT2D eigenvalue weighted by molar-refractivity contribution is 0.771. The number of rotatable bonds is 0. The van der Waals surface area contributed by atoms with Gasteiger partial charge in [-0.2, -0.15) is 10.1 Å². The zero-order valence-corrected chi connectivity index (χ0v) is 7.75. The number of hydrogen-bond donors (Lipinski definition) is 1. The Morgan fingerprint density at radius 1 is 1.38 bits per heavy atom. The molecule has 2 heterocycles. The normalized spacial score (nSPS) is 11.0. The molecule has 5 heteroatoms. The summed E-state index contributed by atoms with van der Waals surface area (Å²) in [7, 11) is 1.78. The van der Waals surface area contributed by atoms with E-state index < -0.39 is 0 Å². The van der Waals surface area contributed by atoms with Crippen molar-refractivity contribution in [1.29, 1.82) is 0 Å². The van der Waals surface area contributed by atoms with E-state index in [1.165, 1.54) is 0 Å². The number of nitrogens with zero attached hydrogens (tertiary/aromatic N) is 3. The second kappa shape index (κ2) is 2.42. The predicted molar refractivity (Wildman–Crippen MR) is 48.6 cm³/mol. The highest BCUT2D eigenvalue weighted by Crippen LogP contribution is 2.15. The fourth-order valence-electron chi connectivity index (χ4n) is 1.56. The maximum atomic E-state index is 11.1. The third-order valence-corrected chi connectivity index (χ3v) is 2.07. The van der Waals surface area contributed by atoms with Crippen LogP contribution in [0.2, 0.25) is 0 Å². The van der Waals surface area contributed by atoms with Gasteiger partial charge in [0.25, 0.3) is 0 Å². The Bertz CT molecular complexity index is 523. The van der Waals surface area contributed by atoms with Crippen LogP contribution in [0.5, 0.6) is 0 Å². The molecule has 0 spiro atoms. The molecule has 0 saturated carbocycles. The minimum Gasteiger partial charge on any atom is -0.309 e. The van der Waals surface area contributed by atoms with E-state index in [2.05, 4.69) is 15.1 Å². The molecule has 0 aliphatic carbocycles. The zero-order chi connectivity index (χ0) is 9.59. The van der Waals surface area contributed by atoms with Crippen LogP contribution in [-0.2, 0) is 7.05 Å². The van der Waals surface area contributed by atoms with E-state index in [0.717, 1.165) is 16.8 Å². The second-order valence-electron chi connectivity index (χ2n) is 3.07.